The van der Waals surface area contributed by atoms with E-state index in [1.54, 1.807) is 22.9 Å². The molecule has 0 aliphatic rings. The van der Waals surface area contributed by atoms with Crippen LogP contribution in [0.3, 0.4) is 0 Å². The Morgan fingerprint density at radius 2 is 1.35 bits per heavy atom. The van der Waals surface area contributed by atoms with Gasteiger partial charge in [0.15, 0.2) is 0 Å². The first-order valence-corrected chi connectivity index (χ1v) is 10.3. The lowest BCUT2D eigenvalue weighted by molar-refractivity contribution is -0.117. The predicted molar refractivity (Wildman–Crippen MR) is 93.5 cm³/mol. The molecule has 0 aliphatic heterocycles. The van der Waals surface area contributed by atoms with Gasteiger partial charge in [-0.15, -0.1) is 0 Å². The average Bonchev–Trinajstić information content (AvgIpc) is 2.53. The Morgan fingerprint density at radius 3 is 1.85 bits per heavy atom. The van der Waals surface area contributed by atoms with E-state index in [4.69, 9.17) is 11.6 Å². The van der Waals surface area contributed by atoms with Crippen LogP contribution in [0.25, 0.3) is 0 Å². The fourth-order valence-corrected chi connectivity index (χ4v) is 4.47. The molecule has 0 fully saturated rings. The zero-order valence-electron chi connectivity index (χ0n) is 13.3. The molecule has 0 heterocycles. The summed E-state index contributed by atoms with van der Waals surface area (Å²) in [7, 11) is -8.71. The van der Waals surface area contributed by atoms with Gasteiger partial charge >= 0.3 is 0 Å². The quantitative estimate of drug-likeness (QED) is 0.756. The summed E-state index contributed by atoms with van der Waals surface area (Å²) in [6, 6.07) is 10.3. The van der Waals surface area contributed by atoms with Crippen molar-refractivity contribution >= 4 is 43.5 Å². The minimum absolute atomic E-state index is 0.101. The summed E-state index contributed by atoms with van der Waals surface area (Å²) in [5, 5.41) is -0.205. The van der Waals surface area contributed by atoms with E-state index in [9.17, 15) is 26.4 Å². The molecule has 11 heteroatoms. The number of rotatable bonds is 5. The number of carbonyl (C=O) groups is 2. The van der Waals surface area contributed by atoms with Gasteiger partial charge in [-0.3, -0.25) is 9.59 Å². The number of hydrogen-bond acceptors (Lipinski definition) is 6. The smallest absolute Gasteiger partial charge is 0.264 e. The lowest BCUT2D eigenvalue weighted by atomic mass is 10.2. The summed E-state index contributed by atoms with van der Waals surface area (Å²) < 4.78 is 52.4. The van der Waals surface area contributed by atoms with E-state index >= 15 is 0 Å². The van der Waals surface area contributed by atoms with Crippen LogP contribution >= 0.6 is 11.6 Å². The molecular formula is C15H13ClN2O6S2. The number of halogens is 1. The molecule has 0 bridgehead atoms. The van der Waals surface area contributed by atoms with Crippen LogP contribution in [0.2, 0.25) is 5.02 Å². The van der Waals surface area contributed by atoms with Crippen molar-refractivity contribution in [3.8, 4) is 0 Å². The SMILES string of the molecule is CC(=O)NS(=O)(=O)c1cc(Cl)cc(S(=O)(=O)NC(=O)c2ccccc2)c1. The second-order valence-corrected chi connectivity index (χ2v) is 8.89. The van der Waals surface area contributed by atoms with Gasteiger partial charge in [0, 0.05) is 17.5 Å². The highest BCUT2D eigenvalue weighted by molar-refractivity contribution is 7.91. The second-order valence-electron chi connectivity index (χ2n) is 5.08. The highest BCUT2D eigenvalue weighted by atomic mass is 35.5. The van der Waals surface area contributed by atoms with Crippen LogP contribution in [0.5, 0.6) is 0 Å². The Bertz CT molecular complexity index is 1070. The molecule has 0 aromatic heterocycles. The fraction of sp³-hybridized carbons (Fsp3) is 0.0667. The number of nitrogens with one attached hydrogen (secondary N) is 2. The van der Waals surface area contributed by atoms with E-state index in [2.05, 4.69) is 0 Å². The van der Waals surface area contributed by atoms with Gasteiger partial charge < -0.3 is 0 Å². The summed E-state index contributed by atoms with van der Waals surface area (Å²) in [6.07, 6.45) is 0. The Morgan fingerprint density at radius 1 is 0.846 bits per heavy atom. The highest BCUT2D eigenvalue weighted by Crippen LogP contribution is 2.22. The minimum atomic E-state index is -4.40. The van der Waals surface area contributed by atoms with Gasteiger partial charge in [0.25, 0.3) is 26.0 Å². The van der Waals surface area contributed by atoms with Gasteiger partial charge in [-0.25, -0.2) is 26.3 Å². The molecule has 0 saturated carbocycles. The monoisotopic (exact) mass is 416 g/mol. The van der Waals surface area contributed by atoms with Crippen LogP contribution in [-0.4, -0.2) is 28.6 Å². The molecule has 0 atom stereocenters. The van der Waals surface area contributed by atoms with E-state index in [1.807, 2.05) is 4.72 Å². The molecule has 8 nitrogen and oxygen atoms in total. The zero-order valence-corrected chi connectivity index (χ0v) is 15.7. The summed E-state index contributed by atoms with van der Waals surface area (Å²) in [5.74, 6) is -1.75. The lowest BCUT2D eigenvalue weighted by Gasteiger charge is -2.10. The van der Waals surface area contributed by atoms with E-state index < -0.39 is 41.7 Å². The van der Waals surface area contributed by atoms with Crippen molar-refractivity contribution in [1.82, 2.24) is 9.44 Å². The van der Waals surface area contributed by atoms with Gasteiger partial charge in [0.05, 0.1) is 9.79 Å². The summed E-state index contributed by atoms with van der Waals surface area (Å²) in [6.45, 7) is 0.986. The highest BCUT2D eigenvalue weighted by Gasteiger charge is 2.23. The minimum Gasteiger partial charge on any atom is -0.274 e. The van der Waals surface area contributed by atoms with Gasteiger partial charge in [-0.05, 0) is 30.3 Å². The molecule has 0 saturated heterocycles. The van der Waals surface area contributed by atoms with Crippen molar-refractivity contribution in [3.05, 3.63) is 59.1 Å². The topological polar surface area (TPSA) is 126 Å². The number of benzene rings is 2. The molecule has 2 amide bonds. The van der Waals surface area contributed by atoms with Crippen molar-refractivity contribution in [3.63, 3.8) is 0 Å². The van der Waals surface area contributed by atoms with E-state index in [0.29, 0.717) is 0 Å². The van der Waals surface area contributed by atoms with Gasteiger partial charge in [-0.2, -0.15) is 0 Å². The molecule has 26 heavy (non-hydrogen) atoms. The summed E-state index contributed by atoms with van der Waals surface area (Å²) in [4.78, 5) is 22.0. The van der Waals surface area contributed by atoms with Crippen LogP contribution in [-0.2, 0) is 24.8 Å². The molecule has 0 unspecified atom stereocenters. The Kier molecular flexibility index (Phi) is 5.69. The first kappa shape index (κ1) is 19.9. The Labute approximate surface area is 155 Å². The zero-order chi connectivity index (χ0) is 19.5. The van der Waals surface area contributed by atoms with Crippen LogP contribution in [0, 0.1) is 0 Å². The van der Waals surface area contributed by atoms with Crippen LogP contribution in [0.4, 0.5) is 0 Å². The molecule has 0 spiro atoms. The van der Waals surface area contributed by atoms with Crippen LogP contribution < -0.4 is 9.44 Å². The van der Waals surface area contributed by atoms with Crippen molar-refractivity contribution in [2.24, 2.45) is 0 Å². The van der Waals surface area contributed by atoms with E-state index in [0.717, 1.165) is 25.1 Å². The second kappa shape index (κ2) is 7.44. The summed E-state index contributed by atoms with van der Waals surface area (Å²) in [5.41, 5.74) is 0.101. The average molecular weight is 417 g/mol. The number of carbonyl (C=O) groups excluding carboxylic acids is 2. The maximum atomic E-state index is 12.4. The number of hydrogen-bond donors (Lipinski definition) is 2. The molecule has 2 aromatic carbocycles. The summed E-state index contributed by atoms with van der Waals surface area (Å²) >= 11 is 5.80. The fourth-order valence-electron chi connectivity index (χ4n) is 1.92. The molecule has 138 valence electrons. The maximum absolute atomic E-state index is 12.4. The largest absolute Gasteiger partial charge is 0.274 e. The molecular weight excluding hydrogens is 404 g/mol. The van der Waals surface area contributed by atoms with Crippen molar-refractivity contribution in [2.75, 3.05) is 0 Å². The van der Waals surface area contributed by atoms with E-state index in [-0.39, 0.29) is 10.6 Å². The maximum Gasteiger partial charge on any atom is 0.264 e. The van der Waals surface area contributed by atoms with Gasteiger partial charge in [0.2, 0.25) is 5.91 Å². The molecule has 0 aliphatic carbocycles. The van der Waals surface area contributed by atoms with Crippen LogP contribution in [0.1, 0.15) is 17.3 Å². The van der Waals surface area contributed by atoms with Crippen LogP contribution in [0.15, 0.2) is 58.3 Å². The third kappa shape index (κ3) is 4.81. The molecule has 2 rings (SSSR count). The normalized spacial score (nSPS) is 11.6. The van der Waals surface area contributed by atoms with Crippen molar-refractivity contribution in [2.45, 2.75) is 16.7 Å². The lowest BCUT2D eigenvalue weighted by Crippen LogP contribution is -2.31. The number of sulfonamides is 2. The third-order valence-electron chi connectivity index (χ3n) is 3.01. The van der Waals surface area contributed by atoms with E-state index in [1.165, 1.54) is 12.1 Å². The van der Waals surface area contributed by atoms with Crippen molar-refractivity contribution < 1.29 is 26.4 Å². The number of amides is 2. The van der Waals surface area contributed by atoms with Crippen molar-refractivity contribution in [1.29, 1.82) is 0 Å². The molecule has 2 N–H and O–H groups in total. The molecule has 0 radical (unpaired) electrons. The first-order valence-electron chi connectivity index (χ1n) is 6.97. The predicted octanol–water partition coefficient (Wildman–Crippen LogP) is 1.28. The standard InChI is InChI=1S/C15H13ClN2O6S2/c1-10(19)17-25(21,22)13-7-12(16)8-14(9-13)26(23,24)18-15(20)11-5-3-2-4-6-11/h2-9H,1H3,(H,17,19)(H,18,20). The first-order chi connectivity index (χ1) is 12.0. The Hall–Kier alpha value is -2.43. The third-order valence-corrected chi connectivity index (χ3v) is 5.95. The molecule has 2 aromatic rings. The Balaban J connectivity index is 2.41. The van der Waals surface area contributed by atoms with Gasteiger partial charge in [0.1, 0.15) is 0 Å². The van der Waals surface area contributed by atoms with Gasteiger partial charge in [-0.1, -0.05) is 29.8 Å².